The van der Waals surface area contributed by atoms with Crippen molar-refractivity contribution in [2.75, 3.05) is 0 Å². The molecule has 1 fully saturated rings. The highest BCUT2D eigenvalue weighted by atomic mass is 16.4. The number of carboxylic acid groups (broad SMARTS) is 1. The molecule has 1 aromatic rings. The standard InChI is InChI=1S/C11H18N4O2/c1-3-8(5-10(16)17)6-15-11(12-13-14-15)9-4-7(9)2/h7-9H,3-6H2,1-2H3,(H,16,17). The SMILES string of the molecule is CCC(CC(=O)O)Cn1nnnc1C1CC1C. The van der Waals surface area contributed by atoms with Crippen molar-refractivity contribution >= 4 is 5.97 Å². The number of carboxylic acids is 1. The van der Waals surface area contributed by atoms with Crippen LogP contribution in [0.2, 0.25) is 0 Å². The third kappa shape index (κ3) is 2.81. The number of nitrogens with zero attached hydrogens (tertiary/aromatic N) is 4. The number of aliphatic carboxylic acids is 1. The number of hydrogen-bond acceptors (Lipinski definition) is 4. The highest BCUT2D eigenvalue weighted by Crippen LogP contribution is 2.45. The summed E-state index contributed by atoms with van der Waals surface area (Å²) in [5.41, 5.74) is 0. The normalized spacial score (nSPS) is 24.6. The molecule has 1 aromatic heterocycles. The molecule has 0 bridgehead atoms. The average molecular weight is 238 g/mol. The van der Waals surface area contributed by atoms with Crippen LogP contribution >= 0.6 is 0 Å². The topological polar surface area (TPSA) is 80.9 Å². The molecule has 6 heteroatoms. The minimum absolute atomic E-state index is 0.101. The lowest BCUT2D eigenvalue weighted by Gasteiger charge is -2.12. The van der Waals surface area contributed by atoms with E-state index in [1.165, 1.54) is 0 Å². The van der Waals surface area contributed by atoms with E-state index in [-0.39, 0.29) is 12.3 Å². The number of hydrogen-bond donors (Lipinski definition) is 1. The molecule has 0 aromatic carbocycles. The van der Waals surface area contributed by atoms with Gasteiger partial charge in [0.2, 0.25) is 0 Å². The molecule has 3 atom stereocenters. The smallest absolute Gasteiger partial charge is 0.303 e. The van der Waals surface area contributed by atoms with Gasteiger partial charge in [0.15, 0.2) is 5.82 Å². The molecule has 94 valence electrons. The van der Waals surface area contributed by atoms with E-state index in [4.69, 9.17) is 5.11 Å². The van der Waals surface area contributed by atoms with Gasteiger partial charge in [0.1, 0.15) is 0 Å². The van der Waals surface area contributed by atoms with Gasteiger partial charge in [0.25, 0.3) is 0 Å². The average Bonchev–Trinajstić information content (AvgIpc) is 2.82. The fraction of sp³-hybridized carbons (Fsp3) is 0.818. The van der Waals surface area contributed by atoms with Crippen LogP contribution in [0.4, 0.5) is 0 Å². The maximum absolute atomic E-state index is 10.7. The summed E-state index contributed by atoms with van der Waals surface area (Å²) in [7, 11) is 0. The lowest BCUT2D eigenvalue weighted by atomic mass is 10.0. The second kappa shape index (κ2) is 4.81. The highest BCUT2D eigenvalue weighted by molar-refractivity contribution is 5.66. The molecule has 0 saturated heterocycles. The van der Waals surface area contributed by atoms with Gasteiger partial charge in [-0.05, 0) is 28.7 Å². The van der Waals surface area contributed by atoms with E-state index in [2.05, 4.69) is 22.4 Å². The monoisotopic (exact) mass is 238 g/mol. The quantitative estimate of drug-likeness (QED) is 0.807. The molecular formula is C11H18N4O2. The summed E-state index contributed by atoms with van der Waals surface area (Å²) in [4.78, 5) is 10.7. The molecule has 0 radical (unpaired) electrons. The molecule has 6 nitrogen and oxygen atoms in total. The highest BCUT2D eigenvalue weighted by Gasteiger charge is 2.38. The largest absolute Gasteiger partial charge is 0.481 e. The van der Waals surface area contributed by atoms with E-state index in [0.717, 1.165) is 18.7 Å². The van der Waals surface area contributed by atoms with E-state index in [0.29, 0.717) is 18.4 Å². The van der Waals surface area contributed by atoms with Crippen LogP contribution in [0, 0.1) is 11.8 Å². The van der Waals surface area contributed by atoms with Crippen LogP contribution in [0.1, 0.15) is 44.9 Å². The number of aromatic nitrogens is 4. The van der Waals surface area contributed by atoms with E-state index in [1.807, 2.05) is 6.92 Å². The Morgan fingerprint density at radius 3 is 2.88 bits per heavy atom. The maximum atomic E-state index is 10.7. The Balaban J connectivity index is 2.02. The molecular weight excluding hydrogens is 220 g/mol. The summed E-state index contributed by atoms with van der Waals surface area (Å²) in [6, 6.07) is 0. The van der Waals surface area contributed by atoms with E-state index in [1.54, 1.807) is 4.68 Å². The van der Waals surface area contributed by atoms with Gasteiger partial charge >= 0.3 is 5.97 Å². The molecule has 1 N–H and O–H groups in total. The van der Waals surface area contributed by atoms with Gasteiger partial charge in [-0.3, -0.25) is 4.79 Å². The van der Waals surface area contributed by atoms with Gasteiger partial charge in [-0.2, -0.15) is 0 Å². The maximum Gasteiger partial charge on any atom is 0.303 e. The van der Waals surface area contributed by atoms with Crippen LogP contribution in [0.5, 0.6) is 0 Å². The molecule has 17 heavy (non-hydrogen) atoms. The molecule has 1 heterocycles. The van der Waals surface area contributed by atoms with Crippen LogP contribution in [0.3, 0.4) is 0 Å². The first-order chi connectivity index (χ1) is 8.11. The number of rotatable bonds is 6. The second-order valence-corrected chi connectivity index (χ2v) is 4.91. The number of tetrazole rings is 1. The summed E-state index contributed by atoms with van der Waals surface area (Å²) < 4.78 is 1.78. The van der Waals surface area contributed by atoms with Crippen LogP contribution in [0.25, 0.3) is 0 Å². The van der Waals surface area contributed by atoms with Gasteiger partial charge in [0.05, 0.1) is 0 Å². The van der Waals surface area contributed by atoms with Crippen molar-refractivity contribution in [1.29, 1.82) is 0 Å². The third-order valence-electron chi connectivity index (χ3n) is 3.47. The molecule has 0 amide bonds. The molecule has 3 unspecified atom stereocenters. The first kappa shape index (κ1) is 12.0. The summed E-state index contributed by atoms with van der Waals surface area (Å²) in [6.45, 7) is 4.78. The van der Waals surface area contributed by atoms with Crippen LogP contribution in [-0.4, -0.2) is 31.3 Å². The van der Waals surface area contributed by atoms with Crippen LogP contribution in [-0.2, 0) is 11.3 Å². The van der Waals surface area contributed by atoms with Crippen molar-refractivity contribution in [1.82, 2.24) is 20.2 Å². The minimum atomic E-state index is -0.758. The zero-order valence-electron chi connectivity index (χ0n) is 10.2. The molecule has 0 aliphatic heterocycles. The Morgan fingerprint density at radius 1 is 1.65 bits per heavy atom. The van der Waals surface area contributed by atoms with Crippen molar-refractivity contribution < 1.29 is 9.90 Å². The lowest BCUT2D eigenvalue weighted by molar-refractivity contribution is -0.138. The summed E-state index contributed by atoms with van der Waals surface area (Å²) >= 11 is 0. The fourth-order valence-corrected chi connectivity index (χ4v) is 2.12. The molecule has 0 spiro atoms. The predicted molar refractivity (Wildman–Crippen MR) is 60.4 cm³/mol. The van der Waals surface area contributed by atoms with Crippen molar-refractivity contribution in [3.8, 4) is 0 Å². The Kier molecular flexibility index (Phi) is 3.40. The van der Waals surface area contributed by atoms with Gasteiger partial charge in [-0.15, -0.1) is 5.10 Å². The van der Waals surface area contributed by atoms with Crippen molar-refractivity contribution in [2.24, 2.45) is 11.8 Å². The van der Waals surface area contributed by atoms with E-state index >= 15 is 0 Å². The van der Waals surface area contributed by atoms with Crippen LogP contribution < -0.4 is 0 Å². The van der Waals surface area contributed by atoms with Gasteiger partial charge in [-0.25, -0.2) is 4.68 Å². The van der Waals surface area contributed by atoms with Gasteiger partial charge < -0.3 is 5.11 Å². The van der Waals surface area contributed by atoms with Gasteiger partial charge in [-0.1, -0.05) is 20.3 Å². The summed E-state index contributed by atoms with van der Waals surface area (Å²) in [5, 5.41) is 20.5. The van der Waals surface area contributed by atoms with Crippen molar-refractivity contribution in [3.63, 3.8) is 0 Å². The minimum Gasteiger partial charge on any atom is -0.481 e. The fourth-order valence-electron chi connectivity index (χ4n) is 2.12. The van der Waals surface area contributed by atoms with E-state index < -0.39 is 5.97 Å². The first-order valence-electron chi connectivity index (χ1n) is 6.09. The predicted octanol–water partition coefficient (Wildman–Crippen LogP) is 1.30. The van der Waals surface area contributed by atoms with E-state index in [9.17, 15) is 4.79 Å². The zero-order chi connectivity index (χ0) is 12.4. The molecule has 2 rings (SSSR count). The molecule has 1 saturated carbocycles. The first-order valence-corrected chi connectivity index (χ1v) is 6.09. The lowest BCUT2D eigenvalue weighted by Crippen LogP contribution is -2.17. The Bertz CT molecular complexity index is 404. The Labute approximate surface area is 100 Å². The second-order valence-electron chi connectivity index (χ2n) is 4.91. The Hall–Kier alpha value is -1.46. The molecule has 1 aliphatic carbocycles. The number of carbonyl (C=O) groups is 1. The van der Waals surface area contributed by atoms with Crippen molar-refractivity contribution in [2.45, 2.75) is 45.6 Å². The van der Waals surface area contributed by atoms with Gasteiger partial charge in [0, 0.05) is 18.9 Å². The zero-order valence-corrected chi connectivity index (χ0v) is 10.2. The summed E-state index contributed by atoms with van der Waals surface area (Å²) in [5.74, 6) is 1.38. The Morgan fingerprint density at radius 2 is 2.35 bits per heavy atom. The van der Waals surface area contributed by atoms with Crippen molar-refractivity contribution in [3.05, 3.63) is 5.82 Å². The third-order valence-corrected chi connectivity index (χ3v) is 3.47. The van der Waals surface area contributed by atoms with Crippen LogP contribution in [0.15, 0.2) is 0 Å². The molecule has 1 aliphatic rings. The summed E-state index contributed by atoms with van der Waals surface area (Å²) in [6.07, 6.45) is 2.14.